The minimum Gasteiger partial charge on any atom is -0.548 e. The topological polar surface area (TPSA) is 98.7 Å². The molecular formula is C14H16NNaO5. The number of carboxylic acid groups (broad SMARTS) is 1. The van der Waals surface area contributed by atoms with Gasteiger partial charge < -0.3 is 25.1 Å². The number of hydrogen-bond acceptors (Lipinski definition) is 6. The first-order valence-corrected chi connectivity index (χ1v) is 6.05. The van der Waals surface area contributed by atoms with Gasteiger partial charge in [0.1, 0.15) is 5.75 Å². The summed E-state index contributed by atoms with van der Waals surface area (Å²) in [4.78, 5) is 22.4. The van der Waals surface area contributed by atoms with Gasteiger partial charge in [-0.2, -0.15) is 0 Å². The number of phenols is 1. The number of esters is 1. The maximum Gasteiger partial charge on any atom is 1.00 e. The Hall–Kier alpha value is -1.50. The molecule has 0 aliphatic heterocycles. The smallest absolute Gasteiger partial charge is 0.548 e. The zero-order chi connectivity index (χ0) is 15.1. The molecule has 0 bridgehead atoms. The van der Waals surface area contributed by atoms with Crippen LogP contribution in [0.4, 0.5) is 0 Å². The molecule has 0 aliphatic carbocycles. The molecule has 6 nitrogen and oxygen atoms in total. The number of ether oxygens (including phenoxy) is 1. The number of carbonyl (C=O) groups excluding carboxylic acids is 2. The Morgan fingerprint density at radius 3 is 2.43 bits per heavy atom. The molecule has 2 N–H and O–H groups in total. The summed E-state index contributed by atoms with van der Waals surface area (Å²) >= 11 is 0. The third-order valence-electron chi connectivity index (χ3n) is 2.46. The molecule has 1 aromatic carbocycles. The Labute approximate surface area is 145 Å². The third-order valence-corrected chi connectivity index (χ3v) is 2.46. The van der Waals surface area contributed by atoms with Crippen LogP contribution in [-0.2, 0) is 14.3 Å². The van der Waals surface area contributed by atoms with Crippen molar-refractivity contribution in [2.45, 2.75) is 19.9 Å². The minimum atomic E-state index is -1.34. The molecule has 0 aromatic heterocycles. The predicted molar refractivity (Wildman–Crippen MR) is 69.4 cm³/mol. The summed E-state index contributed by atoms with van der Waals surface area (Å²) < 4.78 is 4.72. The fraction of sp³-hybridized carbons (Fsp3) is 0.286. The molecule has 1 aromatic rings. The van der Waals surface area contributed by atoms with Gasteiger partial charge in [0, 0.05) is 11.8 Å². The van der Waals surface area contributed by atoms with Crippen LogP contribution >= 0.6 is 0 Å². The van der Waals surface area contributed by atoms with Gasteiger partial charge in [-0.25, -0.2) is 4.79 Å². The first-order valence-electron chi connectivity index (χ1n) is 6.05. The molecule has 0 aliphatic rings. The number of aliphatic carboxylic acids is 1. The average molecular weight is 301 g/mol. The molecule has 0 amide bonds. The summed E-state index contributed by atoms with van der Waals surface area (Å²) in [6, 6.07) is 4.54. The zero-order valence-electron chi connectivity index (χ0n) is 12.3. The van der Waals surface area contributed by atoms with Crippen molar-refractivity contribution in [3.63, 3.8) is 0 Å². The first kappa shape index (κ1) is 19.5. The molecule has 7 heteroatoms. The summed E-state index contributed by atoms with van der Waals surface area (Å²) in [5.41, 5.74) is 0.741. The Bertz CT molecular complexity index is 513. The maximum atomic E-state index is 11.3. The second-order valence-corrected chi connectivity index (χ2v) is 4.07. The van der Waals surface area contributed by atoms with Gasteiger partial charge in [-0.1, -0.05) is 12.1 Å². The number of rotatable bonds is 6. The van der Waals surface area contributed by atoms with Gasteiger partial charge in [0.2, 0.25) is 0 Å². The third kappa shape index (κ3) is 6.66. The fourth-order valence-corrected chi connectivity index (χ4v) is 1.58. The fourth-order valence-electron chi connectivity index (χ4n) is 1.58. The second kappa shape index (κ2) is 9.44. The quantitative estimate of drug-likeness (QED) is 0.336. The molecule has 21 heavy (non-hydrogen) atoms. The molecule has 0 radical (unpaired) electrons. The molecule has 0 saturated heterocycles. The summed E-state index contributed by atoms with van der Waals surface area (Å²) in [6.45, 7) is 3.46. The second-order valence-electron chi connectivity index (χ2n) is 4.07. The number of hydrogen-bond donors (Lipinski definition) is 2. The van der Waals surface area contributed by atoms with E-state index in [0.717, 1.165) is 0 Å². The molecule has 0 fully saturated rings. The van der Waals surface area contributed by atoms with E-state index in [1.165, 1.54) is 30.3 Å². The Kier molecular flexibility index (Phi) is 8.76. The van der Waals surface area contributed by atoms with Crippen LogP contribution in [0.3, 0.4) is 0 Å². The van der Waals surface area contributed by atoms with Crippen molar-refractivity contribution >= 4 is 11.9 Å². The van der Waals surface area contributed by atoms with Crippen molar-refractivity contribution in [2.24, 2.45) is 0 Å². The number of carbonyl (C=O) groups is 2. The van der Waals surface area contributed by atoms with Crippen molar-refractivity contribution in [1.82, 2.24) is 5.32 Å². The first-order chi connectivity index (χ1) is 9.43. The van der Waals surface area contributed by atoms with Gasteiger partial charge in [-0.3, -0.25) is 0 Å². The predicted octanol–water partition coefficient (Wildman–Crippen LogP) is -2.76. The largest absolute Gasteiger partial charge is 1.00 e. The van der Waals surface area contributed by atoms with E-state index in [1.54, 1.807) is 13.8 Å². The molecule has 0 heterocycles. The van der Waals surface area contributed by atoms with Crippen molar-refractivity contribution < 1.29 is 54.1 Å². The SMILES string of the molecule is CCOC(=O)C=C(C)N[C@@H](C(=O)[O-])c1ccc(O)cc1.[Na+]. The van der Waals surface area contributed by atoms with Crippen LogP contribution < -0.4 is 40.0 Å². The van der Waals surface area contributed by atoms with Crippen molar-refractivity contribution in [3.8, 4) is 5.75 Å². The van der Waals surface area contributed by atoms with Gasteiger partial charge in [-0.05, 0) is 31.5 Å². The molecule has 0 unspecified atom stereocenters. The van der Waals surface area contributed by atoms with Crippen LogP contribution in [-0.4, -0.2) is 23.7 Å². The zero-order valence-corrected chi connectivity index (χ0v) is 14.3. The summed E-state index contributed by atoms with van der Waals surface area (Å²) in [7, 11) is 0. The Balaban J connectivity index is 0.00000400. The van der Waals surface area contributed by atoms with Crippen molar-refractivity contribution in [3.05, 3.63) is 41.6 Å². The number of nitrogens with one attached hydrogen (secondary N) is 1. The molecule has 1 rings (SSSR count). The van der Waals surface area contributed by atoms with E-state index in [-0.39, 0.29) is 41.9 Å². The summed E-state index contributed by atoms with van der Waals surface area (Å²) in [5.74, 6) is -1.86. The van der Waals surface area contributed by atoms with E-state index in [0.29, 0.717) is 11.3 Å². The maximum absolute atomic E-state index is 11.3. The normalized spacial score (nSPS) is 12.0. The van der Waals surface area contributed by atoms with Crippen LogP contribution in [0.15, 0.2) is 36.0 Å². The number of allylic oxidation sites excluding steroid dienone is 1. The van der Waals surface area contributed by atoms with E-state index < -0.39 is 18.0 Å². The van der Waals surface area contributed by atoms with Crippen LogP contribution in [0.1, 0.15) is 25.5 Å². The molecule has 0 saturated carbocycles. The minimum absolute atomic E-state index is 0. The summed E-state index contributed by atoms with van der Waals surface area (Å²) in [6.07, 6.45) is 1.17. The average Bonchev–Trinajstić information content (AvgIpc) is 2.37. The van der Waals surface area contributed by atoms with E-state index in [9.17, 15) is 19.8 Å². The van der Waals surface area contributed by atoms with E-state index in [1.807, 2.05) is 0 Å². The number of benzene rings is 1. The van der Waals surface area contributed by atoms with Gasteiger partial charge in [0.25, 0.3) is 0 Å². The Morgan fingerprint density at radius 1 is 1.38 bits per heavy atom. The van der Waals surface area contributed by atoms with E-state index in [2.05, 4.69) is 5.32 Å². The monoisotopic (exact) mass is 301 g/mol. The van der Waals surface area contributed by atoms with Crippen LogP contribution in [0, 0.1) is 0 Å². The van der Waals surface area contributed by atoms with Crippen LogP contribution in [0.2, 0.25) is 0 Å². The number of phenolic OH excluding ortho intramolecular Hbond substituents is 1. The molecule has 108 valence electrons. The van der Waals surface area contributed by atoms with Gasteiger partial charge in [0.05, 0.1) is 18.6 Å². The van der Waals surface area contributed by atoms with Crippen molar-refractivity contribution in [1.29, 1.82) is 0 Å². The molecule has 1 atom stereocenters. The van der Waals surface area contributed by atoms with Crippen LogP contribution in [0.25, 0.3) is 0 Å². The number of carboxylic acids is 1. The standard InChI is InChI=1S/C14H17NO5.Na/c1-3-20-12(17)8-9(2)15-13(14(18)19)10-4-6-11(16)7-5-10;/h4-8,13,15-16H,3H2,1-2H3,(H,18,19);/q;+1/p-1/t13-;/m1./s1. The van der Waals surface area contributed by atoms with Crippen molar-refractivity contribution in [2.75, 3.05) is 6.61 Å². The van der Waals surface area contributed by atoms with E-state index >= 15 is 0 Å². The van der Waals surface area contributed by atoms with Crippen LogP contribution in [0.5, 0.6) is 5.75 Å². The number of aromatic hydroxyl groups is 1. The molecular weight excluding hydrogens is 285 g/mol. The van der Waals surface area contributed by atoms with Gasteiger partial charge >= 0.3 is 35.5 Å². The Morgan fingerprint density at radius 2 is 1.95 bits per heavy atom. The van der Waals surface area contributed by atoms with Gasteiger partial charge in [-0.15, -0.1) is 0 Å². The molecule has 0 spiro atoms. The summed E-state index contributed by atoms with van der Waals surface area (Å²) in [5, 5.41) is 23.0. The van der Waals surface area contributed by atoms with E-state index in [4.69, 9.17) is 4.74 Å². The van der Waals surface area contributed by atoms with Gasteiger partial charge in [0.15, 0.2) is 0 Å².